The van der Waals surface area contributed by atoms with Crippen LogP contribution in [-0.4, -0.2) is 13.0 Å². The van der Waals surface area contributed by atoms with Gasteiger partial charge < -0.3 is 4.74 Å². The second-order valence-corrected chi connectivity index (χ2v) is 2.90. The van der Waals surface area contributed by atoms with Crippen molar-refractivity contribution in [1.29, 1.82) is 0 Å². The molecule has 14 heavy (non-hydrogen) atoms. The Labute approximate surface area is 85.6 Å². The summed E-state index contributed by atoms with van der Waals surface area (Å²) in [5.74, 6) is 2.62. The summed E-state index contributed by atoms with van der Waals surface area (Å²) in [6.45, 7) is -0.647. The van der Waals surface area contributed by atoms with Gasteiger partial charge in [-0.2, -0.15) is 0 Å². The molecule has 4 heteroatoms. The molecule has 74 valence electrons. The molecule has 0 radical (unpaired) electrons. The van der Waals surface area contributed by atoms with E-state index >= 15 is 0 Å². The normalized spacial score (nSPS) is 9.93. The van der Waals surface area contributed by atoms with Gasteiger partial charge in [0.25, 0.3) is 6.43 Å². The highest BCUT2D eigenvalue weighted by atomic mass is 35.5. The Bertz CT molecular complexity index is 358. The zero-order chi connectivity index (χ0) is 10.6. The smallest absolute Gasteiger partial charge is 0.272 e. The fourth-order valence-electron chi connectivity index (χ4n) is 0.864. The molecule has 0 aliphatic rings. The molecule has 0 N–H and O–H groups in total. The van der Waals surface area contributed by atoms with Crippen LogP contribution >= 0.6 is 11.6 Å². The molecule has 0 spiro atoms. The predicted octanol–water partition coefficient (Wildman–Crippen LogP) is 2.97. The summed E-state index contributed by atoms with van der Waals surface area (Å²) in [7, 11) is 0. The molecule has 0 aromatic heterocycles. The summed E-state index contributed by atoms with van der Waals surface area (Å²) >= 11 is 5.71. The summed E-state index contributed by atoms with van der Waals surface area (Å²) in [6.07, 6.45) is 2.64. The second kappa shape index (κ2) is 4.83. The van der Waals surface area contributed by atoms with Crippen LogP contribution in [-0.2, 0) is 0 Å². The summed E-state index contributed by atoms with van der Waals surface area (Å²) in [4.78, 5) is 0. The number of terminal acetylenes is 1. The Morgan fingerprint density at radius 2 is 2.21 bits per heavy atom. The molecule has 1 nitrogen and oxygen atoms in total. The monoisotopic (exact) mass is 216 g/mol. The number of rotatable bonds is 3. The van der Waals surface area contributed by atoms with E-state index in [0.29, 0.717) is 16.3 Å². The molecule has 0 saturated heterocycles. The summed E-state index contributed by atoms with van der Waals surface area (Å²) in [5, 5.41) is 0.400. The average Bonchev–Trinajstić information content (AvgIpc) is 2.16. The predicted molar refractivity (Wildman–Crippen MR) is 50.9 cm³/mol. The first-order valence-electron chi connectivity index (χ1n) is 3.80. The van der Waals surface area contributed by atoms with Gasteiger partial charge in [-0.1, -0.05) is 17.5 Å². The lowest BCUT2D eigenvalue weighted by molar-refractivity contribution is 0.0819. The van der Waals surface area contributed by atoms with Crippen molar-refractivity contribution in [3.8, 4) is 18.1 Å². The molecule has 0 aliphatic carbocycles. The Kier molecular flexibility index (Phi) is 3.73. The lowest BCUT2D eigenvalue weighted by atomic mass is 10.2. The first-order valence-corrected chi connectivity index (χ1v) is 4.18. The molecule has 0 fully saturated rings. The zero-order valence-electron chi connectivity index (χ0n) is 7.14. The van der Waals surface area contributed by atoms with E-state index in [2.05, 4.69) is 5.92 Å². The summed E-state index contributed by atoms with van der Waals surface area (Å²) in [5.41, 5.74) is 0.429. The Balaban J connectivity index is 2.76. The third-order valence-corrected chi connectivity index (χ3v) is 1.80. The lowest BCUT2D eigenvalue weighted by Crippen LogP contribution is -2.06. The Morgan fingerprint density at radius 3 is 2.79 bits per heavy atom. The standard InChI is InChI=1S/C10H7ClF2O/c1-2-7-5-8(3-4-9(7)11)14-6-10(12)13/h1,3-5,10H,6H2. The zero-order valence-corrected chi connectivity index (χ0v) is 7.89. The van der Waals surface area contributed by atoms with E-state index in [1.165, 1.54) is 18.2 Å². The molecule has 1 aromatic carbocycles. The van der Waals surface area contributed by atoms with E-state index < -0.39 is 13.0 Å². The molecule has 0 saturated carbocycles. The lowest BCUT2D eigenvalue weighted by Gasteiger charge is -2.06. The first-order chi connectivity index (χ1) is 6.63. The van der Waals surface area contributed by atoms with E-state index in [1.807, 2.05) is 0 Å². The van der Waals surface area contributed by atoms with Crippen LogP contribution in [0.3, 0.4) is 0 Å². The van der Waals surface area contributed by atoms with Gasteiger partial charge in [0.1, 0.15) is 12.4 Å². The van der Waals surface area contributed by atoms with Crippen molar-refractivity contribution < 1.29 is 13.5 Å². The van der Waals surface area contributed by atoms with Gasteiger partial charge in [0.2, 0.25) is 0 Å². The van der Waals surface area contributed by atoms with Crippen LogP contribution in [0.25, 0.3) is 0 Å². The van der Waals surface area contributed by atoms with Crippen LogP contribution in [0.5, 0.6) is 5.75 Å². The van der Waals surface area contributed by atoms with Gasteiger partial charge in [-0.3, -0.25) is 0 Å². The molecule has 0 amide bonds. The third-order valence-electron chi connectivity index (χ3n) is 1.47. The van der Waals surface area contributed by atoms with Crippen molar-refractivity contribution in [3.05, 3.63) is 28.8 Å². The van der Waals surface area contributed by atoms with Crippen molar-refractivity contribution >= 4 is 11.6 Å². The summed E-state index contributed by atoms with van der Waals surface area (Å²) in [6, 6.07) is 4.45. The number of alkyl halides is 2. The van der Waals surface area contributed by atoms with Gasteiger partial charge in [-0.05, 0) is 18.2 Å². The maximum Gasteiger partial charge on any atom is 0.272 e. The van der Waals surface area contributed by atoms with Crippen LogP contribution < -0.4 is 4.74 Å². The van der Waals surface area contributed by atoms with Gasteiger partial charge >= 0.3 is 0 Å². The number of benzene rings is 1. The third kappa shape index (κ3) is 2.90. The van der Waals surface area contributed by atoms with Crippen molar-refractivity contribution in [1.82, 2.24) is 0 Å². The van der Waals surface area contributed by atoms with Crippen LogP contribution in [0.4, 0.5) is 8.78 Å². The maximum atomic E-state index is 11.8. The molecule has 0 atom stereocenters. The molecule has 1 rings (SSSR count). The van der Waals surface area contributed by atoms with Crippen LogP contribution in [0.15, 0.2) is 18.2 Å². The molecule has 1 aromatic rings. The van der Waals surface area contributed by atoms with Crippen molar-refractivity contribution in [2.24, 2.45) is 0 Å². The first kappa shape index (κ1) is 10.8. The minimum Gasteiger partial charge on any atom is -0.488 e. The molecule has 0 aliphatic heterocycles. The minimum absolute atomic E-state index is 0.294. The van der Waals surface area contributed by atoms with E-state index in [-0.39, 0.29) is 0 Å². The Hall–Kier alpha value is -1.27. The fourth-order valence-corrected chi connectivity index (χ4v) is 1.04. The molecule has 0 heterocycles. The topological polar surface area (TPSA) is 9.23 Å². The second-order valence-electron chi connectivity index (χ2n) is 2.49. The quantitative estimate of drug-likeness (QED) is 0.706. The van der Waals surface area contributed by atoms with E-state index in [1.54, 1.807) is 0 Å². The van der Waals surface area contributed by atoms with Gasteiger partial charge in [0.05, 0.1) is 5.02 Å². The highest BCUT2D eigenvalue weighted by Crippen LogP contribution is 2.21. The SMILES string of the molecule is C#Cc1cc(OCC(F)F)ccc1Cl. The van der Waals surface area contributed by atoms with Gasteiger partial charge in [-0.15, -0.1) is 6.42 Å². The highest BCUT2D eigenvalue weighted by molar-refractivity contribution is 6.31. The Morgan fingerprint density at radius 1 is 1.50 bits per heavy atom. The number of halogens is 3. The molecule has 0 unspecified atom stereocenters. The average molecular weight is 217 g/mol. The molecular formula is C10H7ClF2O. The summed E-state index contributed by atoms with van der Waals surface area (Å²) < 4.78 is 28.3. The van der Waals surface area contributed by atoms with E-state index in [4.69, 9.17) is 22.8 Å². The minimum atomic E-state index is -2.50. The van der Waals surface area contributed by atoms with Crippen LogP contribution in [0.1, 0.15) is 5.56 Å². The highest BCUT2D eigenvalue weighted by Gasteiger charge is 2.05. The number of hydrogen-bond acceptors (Lipinski definition) is 1. The maximum absolute atomic E-state index is 11.8. The fraction of sp³-hybridized carbons (Fsp3) is 0.200. The van der Waals surface area contributed by atoms with Gasteiger partial charge in [0.15, 0.2) is 0 Å². The largest absolute Gasteiger partial charge is 0.488 e. The number of ether oxygens (including phenoxy) is 1. The van der Waals surface area contributed by atoms with E-state index in [0.717, 1.165) is 0 Å². The molecular weight excluding hydrogens is 210 g/mol. The van der Waals surface area contributed by atoms with Crippen LogP contribution in [0.2, 0.25) is 5.02 Å². The van der Waals surface area contributed by atoms with E-state index in [9.17, 15) is 8.78 Å². The van der Waals surface area contributed by atoms with Crippen molar-refractivity contribution in [2.75, 3.05) is 6.61 Å². The molecule has 0 bridgehead atoms. The van der Waals surface area contributed by atoms with Crippen molar-refractivity contribution in [3.63, 3.8) is 0 Å². The van der Waals surface area contributed by atoms with Gasteiger partial charge in [-0.25, -0.2) is 8.78 Å². The van der Waals surface area contributed by atoms with Crippen LogP contribution in [0, 0.1) is 12.3 Å². The van der Waals surface area contributed by atoms with Gasteiger partial charge in [0, 0.05) is 5.56 Å². The number of hydrogen-bond donors (Lipinski definition) is 0. The van der Waals surface area contributed by atoms with Crippen molar-refractivity contribution in [2.45, 2.75) is 6.43 Å².